The number of nitrogens with zero attached hydrogens (tertiary/aromatic N) is 2. The highest BCUT2D eigenvalue weighted by Crippen LogP contribution is 2.45. The summed E-state index contributed by atoms with van der Waals surface area (Å²) in [5, 5.41) is 1.26. The van der Waals surface area contributed by atoms with Gasteiger partial charge in [-0.05, 0) is 48.4 Å². The maximum absolute atomic E-state index is 12.9. The third-order valence-corrected chi connectivity index (χ3v) is 6.23. The molecule has 1 aliphatic heterocycles. The van der Waals surface area contributed by atoms with Gasteiger partial charge in [0, 0.05) is 24.2 Å². The first kappa shape index (κ1) is 21.8. The Morgan fingerprint density at radius 1 is 1.12 bits per heavy atom. The lowest BCUT2D eigenvalue weighted by molar-refractivity contribution is -0.140. The van der Waals surface area contributed by atoms with Crippen molar-refractivity contribution in [1.29, 1.82) is 0 Å². The number of hydrogen-bond donors (Lipinski definition) is 0. The zero-order valence-corrected chi connectivity index (χ0v) is 18.6. The quantitative estimate of drug-likeness (QED) is 0.401. The molecule has 0 spiro atoms. The van der Waals surface area contributed by atoms with Crippen LogP contribution in [0.15, 0.2) is 48.5 Å². The van der Waals surface area contributed by atoms with Crippen molar-refractivity contribution in [3.63, 3.8) is 0 Å². The maximum atomic E-state index is 12.9. The van der Waals surface area contributed by atoms with Crippen molar-refractivity contribution in [1.82, 2.24) is 0 Å². The maximum Gasteiger partial charge on any atom is 0.305 e. The Bertz CT molecular complexity index is 1260. The Morgan fingerprint density at radius 2 is 1.88 bits per heavy atom. The Kier molecular flexibility index (Phi) is 5.86. The van der Waals surface area contributed by atoms with E-state index in [1.807, 2.05) is 6.07 Å². The minimum absolute atomic E-state index is 0.143. The topological polar surface area (TPSA) is 99.2 Å². The molecule has 3 aromatic carbocycles. The van der Waals surface area contributed by atoms with Gasteiger partial charge in [-0.15, -0.1) is 0 Å². The second kappa shape index (κ2) is 8.60. The summed E-state index contributed by atoms with van der Waals surface area (Å²) in [6, 6.07) is 13.8. The smallest absolute Gasteiger partial charge is 0.305 e. The highest BCUT2D eigenvalue weighted by molar-refractivity contribution is 7.81. The van der Waals surface area contributed by atoms with Gasteiger partial charge in [0.1, 0.15) is 5.75 Å². The van der Waals surface area contributed by atoms with Crippen molar-refractivity contribution in [2.45, 2.75) is 12.8 Å². The lowest BCUT2D eigenvalue weighted by Crippen LogP contribution is -2.21. The molecular formula is C23H21N2O6S-. The Hall–Kier alpha value is -3.43. The van der Waals surface area contributed by atoms with Crippen LogP contribution in [-0.2, 0) is 27.2 Å². The van der Waals surface area contributed by atoms with Crippen LogP contribution in [0.25, 0.3) is 10.8 Å². The molecular weight excluding hydrogens is 432 g/mol. The number of benzene rings is 3. The molecule has 166 valence electrons. The van der Waals surface area contributed by atoms with Crippen LogP contribution in [0.5, 0.6) is 5.75 Å². The Labute approximate surface area is 187 Å². The predicted molar refractivity (Wildman–Crippen MR) is 121 cm³/mol. The molecule has 0 radical (unpaired) electrons. The van der Waals surface area contributed by atoms with Crippen LogP contribution in [0, 0.1) is 0 Å². The van der Waals surface area contributed by atoms with Gasteiger partial charge in [0.15, 0.2) is 0 Å². The van der Waals surface area contributed by atoms with Gasteiger partial charge >= 0.3 is 5.97 Å². The van der Waals surface area contributed by atoms with Gasteiger partial charge < -0.3 is 18.9 Å². The van der Waals surface area contributed by atoms with Gasteiger partial charge in [0.2, 0.25) is 0 Å². The minimum Gasteiger partial charge on any atom is -0.755 e. The molecule has 0 aliphatic carbocycles. The summed E-state index contributed by atoms with van der Waals surface area (Å²) in [5.41, 5.74) is 2.62. The highest BCUT2D eigenvalue weighted by atomic mass is 32.2. The van der Waals surface area contributed by atoms with E-state index in [2.05, 4.69) is 0 Å². The van der Waals surface area contributed by atoms with Crippen LogP contribution in [0.4, 0.5) is 17.1 Å². The number of hydrogen-bond acceptors (Lipinski definition) is 6. The van der Waals surface area contributed by atoms with Crippen molar-refractivity contribution in [2.24, 2.45) is 0 Å². The average molecular weight is 453 g/mol. The first-order valence-electron chi connectivity index (χ1n) is 9.84. The monoisotopic (exact) mass is 453 g/mol. The summed E-state index contributed by atoms with van der Waals surface area (Å²) in [4.78, 5) is 26.1. The summed E-state index contributed by atoms with van der Waals surface area (Å²) in [5.74, 6) is -0.163. The molecule has 1 amide bonds. The number of rotatable bonds is 7. The fourth-order valence-corrected chi connectivity index (χ4v) is 4.64. The first-order valence-corrected chi connectivity index (χ1v) is 10.9. The van der Waals surface area contributed by atoms with E-state index < -0.39 is 11.3 Å². The number of amides is 1. The van der Waals surface area contributed by atoms with Crippen molar-refractivity contribution >= 4 is 51.0 Å². The zero-order valence-electron chi connectivity index (χ0n) is 17.8. The fraction of sp³-hybridized carbons (Fsp3) is 0.217. The normalized spacial score (nSPS) is 13.4. The molecule has 32 heavy (non-hydrogen) atoms. The third kappa shape index (κ3) is 3.59. The molecule has 1 heterocycles. The fourth-order valence-electron chi connectivity index (χ4n) is 4.01. The van der Waals surface area contributed by atoms with E-state index in [9.17, 15) is 18.4 Å². The van der Waals surface area contributed by atoms with E-state index in [4.69, 9.17) is 9.47 Å². The van der Waals surface area contributed by atoms with Crippen LogP contribution in [-0.4, -0.2) is 41.9 Å². The van der Waals surface area contributed by atoms with E-state index in [1.54, 1.807) is 49.5 Å². The number of ether oxygens (including phenoxy) is 2. The van der Waals surface area contributed by atoms with Gasteiger partial charge in [-0.2, -0.15) is 0 Å². The van der Waals surface area contributed by atoms with Crippen LogP contribution >= 0.6 is 0 Å². The van der Waals surface area contributed by atoms with E-state index in [-0.39, 0.29) is 18.3 Å². The van der Waals surface area contributed by atoms with Crippen molar-refractivity contribution in [3.8, 4) is 5.75 Å². The zero-order chi connectivity index (χ0) is 23.0. The number of aryl methyl sites for hydroxylation is 1. The van der Waals surface area contributed by atoms with Crippen LogP contribution in [0.3, 0.4) is 0 Å². The molecule has 0 N–H and O–H groups in total. The van der Waals surface area contributed by atoms with E-state index >= 15 is 0 Å². The molecule has 0 saturated heterocycles. The summed E-state index contributed by atoms with van der Waals surface area (Å²) in [6.45, 7) is 0. The lowest BCUT2D eigenvalue weighted by Gasteiger charge is -2.29. The number of methoxy groups -OCH3 is 2. The van der Waals surface area contributed by atoms with Crippen molar-refractivity contribution < 1.29 is 27.8 Å². The lowest BCUT2D eigenvalue weighted by atomic mass is 9.97. The number of anilines is 3. The molecule has 0 saturated carbocycles. The molecule has 1 aliphatic rings. The molecule has 0 fully saturated rings. The number of carbonyl (C=O) groups excluding carboxylic acids is 2. The second-order valence-corrected chi connectivity index (χ2v) is 8.09. The highest BCUT2D eigenvalue weighted by Gasteiger charge is 2.30. The molecule has 9 heteroatoms. The van der Waals surface area contributed by atoms with Crippen molar-refractivity contribution in [2.75, 3.05) is 30.5 Å². The van der Waals surface area contributed by atoms with Crippen molar-refractivity contribution in [3.05, 3.63) is 59.7 Å². The van der Waals surface area contributed by atoms with Gasteiger partial charge in [-0.3, -0.25) is 18.1 Å². The SMILES string of the molecule is COC(=O)CCc1cc2c3c(ccc(N(c4ccccc4OC)S(=O)[O-])c3c1)N(C)C2=O. The predicted octanol–water partition coefficient (Wildman–Crippen LogP) is 3.48. The van der Waals surface area contributed by atoms with Gasteiger partial charge in [-0.1, -0.05) is 12.1 Å². The summed E-state index contributed by atoms with van der Waals surface area (Å²) in [7, 11) is 4.46. The molecule has 1 atom stereocenters. The van der Waals surface area contributed by atoms with Crippen LogP contribution < -0.4 is 13.9 Å². The number of para-hydroxylation sites is 2. The molecule has 3 aromatic rings. The molecule has 1 unspecified atom stereocenters. The van der Waals surface area contributed by atoms with Crippen LogP contribution in [0.1, 0.15) is 22.3 Å². The summed E-state index contributed by atoms with van der Waals surface area (Å²) >= 11 is -2.67. The largest absolute Gasteiger partial charge is 0.755 e. The average Bonchev–Trinajstić information content (AvgIpc) is 3.04. The van der Waals surface area contributed by atoms with E-state index in [1.165, 1.54) is 19.1 Å². The number of carbonyl (C=O) groups is 2. The van der Waals surface area contributed by atoms with E-state index in [0.717, 1.165) is 9.87 Å². The van der Waals surface area contributed by atoms with Gasteiger partial charge in [-0.25, -0.2) is 0 Å². The minimum atomic E-state index is -2.67. The van der Waals surface area contributed by atoms with Crippen LogP contribution in [0.2, 0.25) is 0 Å². The van der Waals surface area contributed by atoms with Gasteiger partial charge in [0.05, 0.1) is 48.1 Å². The molecule has 0 aromatic heterocycles. The third-order valence-electron chi connectivity index (χ3n) is 5.54. The number of esters is 1. The standard InChI is InChI=1S/C23H22N2O6S/c1-24-19-10-9-17(25(32(28)29)18-6-4-5-7-20(18)30-2)15-12-14(8-11-21(26)31-3)13-16(22(15)19)23(24)27/h4-7,9-10,12-13H,8,11H2,1-3H3,(H,28,29)/p-1. The summed E-state index contributed by atoms with van der Waals surface area (Å²) in [6.07, 6.45) is 0.496. The van der Waals surface area contributed by atoms with Gasteiger partial charge in [0.25, 0.3) is 5.91 Å². The molecule has 4 rings (SSSR count). The Morgan fingerprint density at radius 3 is 2.56 bits per heavy atom. The first-order chi connectivity index (χ1) is 15.4. The molecule has 8 nitrogen and oxygen atoms in total. The molecule has 0 bridgehead atoms. The Balaban J connectivity index is 1.96. The second-order valence-electron chi connectivity index (χ2n) is 7.29. The van der Waals surface area contributed by atoms with E-state index in [0.29, 0.717) is 45.6 Å². The summed E-state index contributed by atoms with van der Waals surface area (Å²) < 4.78 is 36.0.